The molecule has 0 saturated heterocycles. The Kier molecular flexibility index (Phi) is 7.64. The van der Waals surface area contributed by atoms with E-state index >= 15 is 0 Å². The van der Waals surface area contributed by atoms with Crippen LogP contribution in [0.4, 0.5) is 13.2 Å². The third-order valence-corrected chi connectivity index (χ3v) is 3.86. The molecular formula is C11H20BrF3O. The van der Waals surface area contributed by atoms with Gasteiger partial charge in [-0.15, -0.1) is 0 Å². The van der Waals surface area contributed by atoms with E-state index in [-0.39, 0.29) is 12.0 Å². The van der Waals surface area contributed by atoms with Gasteiger partial charge in [-0.05, 0) is 24.7 Å². The van der Waals surface area contributed by atoms with Crippen LogP contribution in [0.15, 0.2) is 0 Å². The quantitative estimate of drug-likeness (QED) is 0.472. The number of hydrogen-bond donors (Lipinski definition) is 0. The third kappa shape index (κ3) is 8.39. The van der Waals surface area contributed by atoms with E-state index in [1.54, 1.807) is 0 Å². The van der Waals surface area contributed by atoms with Crippen LogP contribution < -0.4 is 0 Å². The Morgan fingerprint density at radius 1 is 1.19 bits per heavy atom. The Morgan fingerprint density at radius 2 is 1.81 bits per heavy atom. The summed E-state index contributed by atoms with van der Waals surface area (Å²) >= 11 is 3.45. The van der Waals surface area contributed by atoms with Crippen LogP contribution in [-0.4, -0.2) is 24.7 Å². The summed E-state index contributed by atoms with van der Waals surface area (Å²) in [6, 6.07) is 0. The van der Waals surface area contributed by atoms with Crippen molar-refractivity contribution in [2.45, 2.75) is 45.7 Å². The molecule has 0 rings (SSSR count). The molecule has 0 radical (unpaired) electrons. The number of hydrogen-bond acceptors (Lipinski definition) is 1. The summed E-state index contributed by atoms with van der Waals surface area (Å²) in [4.78, 5) is 0. The maximum Gasteiger partial charge on any atom is 0.411 e. The highest BCUT2D eigenvalue weighted by molar-refractivity contribution is 9.09. The minimum absolute atomic E-state index is 0.177. The predicted molar refractivity (Wildman–Crippen MR) is 62.9 cm³/mol. The van der Waals surface area contributed by atoms with Gasteiger partial charge in [-0.2, -0.15) is 13.2 Å². The van der Waals surface area contributed by atoms with Crippen LogP contribution in [0.2, 0.25) is 0 Å². The lowest BCUT2D eigenvalue weighted by atomic mass is 9.83. The molecule has 0 aliphatic heterocycles. The van der Waals surface area contributed by atoms with Crippen LogP contribution in [0.5, 0.6) is 0 Å². The summed E-state index contributed by atoms with van der Waals surface area (Å²) < 4.78 is 39.9. The van der Waals surface area contributed by atoms with Crippen molar-refractivity contribution in [1.29, 1.82) is 0 Å². The SMILES string of the molecule is CCCC(C)(CBr)CCCOCC(F)(F)F. The Hall–Kier alpha value is 0.230. The highest BCUT2D eigenvalue weighted by Gasteiger charge is 2.27. The van der Waals surface area contributed by atoms with E-state index in [0.717, 1.165) is 24.6 Å². The standard InChI is InChI=1S/C11H20BrF3O/c1-3-5-10(2,8-12)6-4-7-16-9-11(13,14)15/h3-9H2,1-2H3. The second-order valence-electron chi connectivity index (χ2n) is 4.47. The van der Waals surface area contributed by atoms with Crippen molar-refractivity contribution < 1.29 is 17.9 Å². The molecule has 0 aliphatic carbocycles. The largest absolute Gasteiger partial charge is 0.411 e. The van der Waals surface area contributed by atoms with E-state index in [4.69, 9.17) is 0 Å². The number of alkyl halides is 4. The van der Waals surface area contributed by atoms with Crippen LogP contribution in [0.25, 0.3) is 0 Å². The Balaban J connectivity index is 3.64. The van der Waals surface area contributed by atoms with Crippen LogP contribution in [0.3, 0.4) is 0 Å². The molecule has 0 N–H and O–H groups in total. The second-order valence-corrected chi connectivity index (χ2v) is 5.03. The molecule has 0 aromatic rings. The van der Waals surface area contributed by atoms with Crippen molar-refractivity contribution in [1.82, 2.24) is 0 Å². The second kappa shape index (κ2) is 7.54. The minimum atomic E-state index is -4.21. The van der Waals surface area contributed by atoms with Gasteiger partial charge in [-0.25, -0.2) is 0 Å². The molecule has 0 spiro atoms. The smallest absolute Gasteiger partial charge is 0.372 e. The molecule has 0 bridgehead atoms. The fourth-order valence-corrected chi connectivity index (χ4v) is 2.21. The molecule has 1 nitrogen and oxygen atoms in total. The first kappa shape index (κ1) is 16.2. The molecule has 0 heterocycles. The van der Waals surface area contributed by atoms with E-state index < -0.39 is 12.8 Å². The lowest BCUT2D eigenvalue weighted by Crippen LogP contribution is -2.20. The molecular weight excluding hydrogens is 285 g/mol. The molecule has 16 heavy (non-hydrogen) atoms. The van der Waals surface area contributed by atoms with Crippen molar-refractivity contribution in [3.05, 3.63) is 0 Å². The van der Waals surface area contributed by atoms with Gasteiger partial charge < -0.3 is 4.74 Å². The summed E-state index contributed by atoms with van der Waals surface area (Å²) in [6.45, 7) is 3.31. The Labute approximate surface area is 104 Å². The zero-order chi connectivity index (χ0) is 12.7. The first-order valence-corrected chi connectivity index (χ1v) is 6.65. The lowest BCUT2D eigenvalue weighted by Gasteiger charge is -2.26. The zero-order valence-electron chi connectivity index (χ0n) is 9.87. The van der Waals surface area contributed by atoms with Crippen LogP contribution in [0, 0.1) is 5.41 Å². The van der Waals surface area contributed by atoms with E-state index in [9.17, 15) is 13.2 Å². The maximum atomic E-state index is 11.8. The van der Waals surface area contributed by atoms with Gasteiger partial charge in [0.1, 0.15) is 6.61 Å². The van der Waals surface area contributed by atoms with Gasteiger partial charge in [-0.1, -0.05) is 36.2 Å². The van der Waals surface area contributed by atoms with Crippen molar-refractivity contribution in [3.8, 4) is 0 Å². The predicted octanol–water partition coefficient (Wildman–Crippen LogP) is 4.55. The van der Waals surface area contributed by atoms with Gasteiger partial charge in [-0.3, -0.25) is 0 Å². The van der Waals surface area contributed by atoms with Gasteiger partial charge in [0.05, 0.1) is 0 Å². The zero-order valence-corrected chi connectivity index (χ0v) is 11.5. The molecule has 0 aromatic heterocycles. The van der Waals surface area contributed by atoms with E-state index in [1.807, 2.05) is 0 Å². The summed E-state index contributed by atoms with van der Waals surface area (Å²) in [5, 5.41) is 0.882. The molecule has 0 aromatic carbocycles. The van der Waals surface area contributed by atoms with Crippen molar-refractivity contribution in [3.63, 3.8) is 0 Å². The summed E-state index contributed by atoms with van der Waals surface area (Å²) in [5.41, 5.74) is 0.177. The number of ether oxygens (including phenoxy) is 1. The van der Waals surface area contributed by atoms with Crippen molar-refractivity contribution in [2.75, 3.05) is 18.5 Å². The molecule has 1 atom stereocenters. The molecule has 0 amide bonds. The van der Waals surface area contributed by atoms with E-state index in [0.29, 0.717) is 6.42 Å². The summed E-state index contributed by atoms with van der Waals surface area (Å²) in [6.07, 6.45) is -0.465. The lowest BCUT2D eigenvalue weighted by molar-refractivity contribution is -0.174. The molecule has 1 unspecified atom stereocenters. The molecule has 5 heteroatoms. The highest BCUT2D eigenvalue weighted by atomic mass is 79.9. The van der Waals surface area contributed by atoms with E-state index in [2.05, 4.69) is 34.5 Å². The molecule has 0 aliphatic rings. The fourth-order valence-electron chi connectivity index (χ4n) is 1.65. The molecule has 0 fully saturated rings. The van der Waals surface area contributed by atoms with E-state index in [1.165, 1.54) is 0 Å². The van der Waals surface area contributed by atoms with Crippen LogP contribution in [0.1, 0.15) is 39.5 Å². The van der Waals surface area contributed by atoms with Crippen molar-refractivity contribution >= 4 is 15.9 Å². The van der Waals surface area contributed by atoms with Crippen LogP contribution in [-0.2, 0) is 4.74 Å². The first-order chi connectivity index (χ1) is 7.33. The maximum absolute atomic E-state index is 11.8. The minimum Gasteiger partial charge on any atom is -0.372 e. The summed E-state index contributed by atoms with van der Waals surface area (Å²) in [7, 11) is 0. The Bertz CT molecular complexity index is 185. The first-order valence-electron chi connectivity index (χ1n) is 5.53. The Morgan fingerprint density at radius 3 is 2.25 bits per heavy atom. The van der Waals surface area contributed by atoms with Crippen LogP contribution >= 0.6 is 15.9 Å². The van der Waals surface area contributed by atoms with Gasteiger partial charge in [0, 0.05) is 11.9 Å². The average molecular weight is 305 g/mol. The van der Waals surface area contributed by atoms with Gasteiger partial charge in [0.25, 0.3) is 0 Å². The molecule has 0 saturated carbocycles. The average Bonchev–Trinajstić information content (AvgIpc) is 2.16. The monoisotopic (exact) mass is 304 g/mol. The van der Waals surface area contributed by atoms with Crippen molar-refractivity contribution in [2.24, 2.45) is 5.41 Å². The third-order valence-electron chi connectivity index (χ3n) is 2.51. The van der Waals surface area contributed by atoms with Gasteiger partial charge >= 0.3 is 6.18 Å². The summed E-state index contributed by atoms with van der Waals surface area (Å²) in [5.74, 6) is 0. The topological polar surface area (TPSA) is 9.23 Å². The number of rotatable bonds is 8. The normalized spacial score (nSPS) is 16.1. The molecule has 98 valence electrons. The number of halogens is 4. The fraction of sp³-hybridized carbons (Fsp3) is 1.00. The highest BCUT2D eigenvalue weighted by Crippen LogP contribution is 2.31. The van der Waals surface area contributed by atoms with Gasteiger partial charge in [0.2, 0.25) is 0 Å². The van der Waals surface area contributed by atoms with Gasteiger partial charge in [0.15, 0.2) is 0 Å².